The number of nitrogens with one attached hydrogen (secondary N) is 1. The van der Waals surface area contributed by atoms with Crippen molar-refractivity contribution in [2.45, 2.75) is 19.8 Å². The second kappa shape index (κ2) is 11.0. The van der Waals surface area contributed by atoms with Gasteiger partial charge in [0.05, 0.1) is 35.7 Å². The highest BCUT2D eigenvalue weighted by Gasteiger charge is 2.18. The Kier molecular flexibility index (Phi) is 9.04. The van der Waals surface area contributed by atoms with Crippen LogP contribution < -0.4 is 5.32 Å². The van der Waals surface area contributed by atoms with E-state index in [0.29, 0.717) is 45.8 Å². The topological polar surface area (TPSA) is 134 Å². The Morgan fingerprint density at radius 1 is 1.08 bits per heavy atom. The molecular weight excluding hydrogens is 334 g/mol. The second-order valence-corrected chi connectivity index (χ2v) is 5.17. The van der Waals surface area contributed by atoms with Gasteiger partial charge in [-0.25, -0.2) is 0 Å². The van der Waals surface area contributed by atoms with Crippen LogP contribution in [0.2, 0.25) is 0 Å². The maximum Gasteiger partial charge on any atom is 0.299 e. The van der Waals surface area contributed by atoms with Crippen LogP contribution in [-0.4, -0.2) is 48.6 Å². The Balaban J connectivity index is 2.24. The average molecular weight is 355 g/mol. The summed E-state index contributed by atoms with van der Waals surface area (Å²) in [7, 11) is 0. The fourth-order valence-corrected chi connectivity index (χ4v) is 1.94. The van der Waals surface area contributed by atoms with Crippen LogP contribution in [0.3, 0.4) is 0 Å². The predicted octanol–water partition coefficient (Wildman–Crippen LogP) is 2.32. The van der Waals surface area contributed by atoms with Gasteiger partial charge >= 0.3 is 0 Å². The molecule has 1 aromatic carbocycles. The third-order valence-electron chi connectivity index (χ3n) is 3.14. The number of hydrogen-bond acceptors (Lipinski definition) is 8. The highest BCUT2D eigenvalue weighted by atomic mass is 16.6. The van der Waals surface area contributed by atoms with Crippen molar-refractivity contribution in [1.29, 1.82) is 0 Å². The molecule has 0 saturated carbocycles. The predicted molar refractivity (Wildman–Crippen MR) is 89.8 cm³/mol. The Labute approximate surface area is 144 Å². The average Bonchev–Trinajstić information content (AvgIpc) is 2.56. The third-order valence-corrected chi connectivity index (χ3v) is 3.14. The van der Waals surface area contributed by atoms with Crippen molar-refractivity contribution in [1.82, 2.24) is 0 Å². The van der Waals surface area contributed by atoms with E-state index in [1.54, 1.807) is 0 Å². The molecule has 1 rings (SSSR count). The molecule has 0 saturated heterocycles. The highest BCUT2D eigenvalue weighted by Crippen LogP contribution is 2.28. The molecular formula is C15H21N3O7. The quantitative estimate of drug-likeness (QED) is 0.324. The van der Waals surface area contributed by atoms with Crippen molar-refractivity contribution in [3.05, 3.63) is 38.4 Å². The number of carbonyl (C=O) groups is 1. The molecule has 10 nitrogen and oxygen atoms in total. The van der Waals surface area contributed by atoms with E-state index >= 15 is 0 Å². The van der Waals surface area contributed by atoms with Gasteiger partial charge in [0, 0.05) is 25.6 Å². The van der Waals surface area contributed by atoms with Gasteiger partial charge in [0.2, 0.25) is 0 Å². The number of benzene rings is 1. The van der Waals surface area contributed by atoms with Gasteiger partial charge in [0.25, 0.3) is 11.4 Å². The van der Waals surface area contributed by atoms with Crippen LogP contribution in [0.15, 0.2) is 18.2 Å². The molecule has 0 spiro atoms. The van der Waals surface area contributed by atoms with Crippen molar-refractivity contribution < 1.29 is 24.1 Å². The summed E-state index contributed by atoms with van der Waals surface area (Å²) in [5.74, 6) is 0.131. The molecule has 0 fully saturated rings. The first-order valence-corrected chi connectivity index (χ1v) is 7.73. The summed E-state index contributed by atoms with van der Waals surface area (Å²) in [6.07, 6.45) is 1.18. The molecule has 0 bridgehead atoms. The Hall–Kier alpha value is -2.59. The highest BCUT2D eigenvalue weighted by molar-refractivity contribution is 5.75. The SMILES string of the molecule is CC(=O)CCCOCCOCCNc1ccc([N+](=O)[O-])cc1[N+](=O)[O-]. The molecule has 10 heteroatoms. The van der Waals surface area contributed by atoms with Crippen molar-refractivity contribution in [3.63, 3.8) is 0 Å². The fraction of sp³-hybridized carbons (Fsp3) is 0.533. The molecule has 0 heterocycles. The van der Waals surface area contributed by atoms with Gasteiger partial charge in [-0.05, 0) is 19.4 Å². The molecule has 138 valence electrons. The second-order valence-electron chi connectivity index (χ2n) is 5.17. The molecule has 0 aliphatic heterocycles. The number of anilines is 1. The van der Waals surface area contributed by atoms with Crippen molar-refractivity contribution in [2.75, 3.05) is 38.3 Å². The van der Waals surface area contributed by atoms with E-state index in [1.165, 1.54) is 19.1 Å². The number of hydrogen-bond donors (Lipinski definition) is 1. The number of ether oxygens (including phenoxy) is 2. The zero-order valence-corrected chi connectivity index (χ0v) is 13.9. The lowest BCUT2D eigenvalue weighted by Gasteiger charge is -2.08. The lowest BCUT2D eigenvalue weighted by Crippen LogP contribution is -2.13. The Bertz CT molecular complexity index is 607. The van der Waals surface area contributed by atoms with Crippen LogP contribution in [0.1, 0.15) is 19.8 Å². The minimum Gasteiger partial charge on any atom is -0.379 e. The molecule has 0 amide bonds. The molecule has 25 heavy (non-hydrogen) atoms. The molecule has 0 radical (unpaired) electrons. The number of nitrogens with zero attached hydrogens (tertiary/aromatic N) is 2. The summed E-state index contributed by atoms with van der Waals surface area (Å²) < 4.78 is 10.6. The van der Waals surface area contributed by atoms with Gasteiger partial charge in [0.15, 0.2) is 0 Å². The molecule has 1 aromatic rings. The Morgan fingerprint density at radius 2 is 1.76 bits per heavy atom. The third kappa shape index (κ3) is 8.18. The Morgan fingerprint density at radius 3 is 2.36 bits per heavy atom. The van der Waals surface area contributed by atoms with Crippen molar-refractivity contribution in [3.8, 4) is 0 Å². The standard InChI is InChI=1S/C15H21N3O7/c1-12(19)3-2-7-24-9-10-25-8-6-16-14-5-4-13(17(20)21)11-15(14)18(22)23/h4-5,11,16H,2-3,6-10H2,1H3. The summed E-state index contributed by atoms with van der Waals surface area (Å²) in [4.78, 5) is 31.0. The van der Waals surface area contributed by atoms with E-state index in [2.05, 4.69) is 5.32 Å². The normalized spacial score (nSPS) is 10.4. The van der Waals surface area contributed by atoms with Gasteiger partial charge in [-0.1, -0.05) is 0 Å². The zero-order valence-electron chi connectivity index (χ0n) is 13.9. The molecule has 0 aliphatic carbocycles. The lowest BCUT2D eigenvalue weighted by molar-refractivity contribution is -0.393. The number of rotatable bonds is 13. The van der Waals surface area contributed by atoms with Gasteiger partial charge in [-0.2, -0.15) is 0 Å². The molecule has 0 aliphatic rings. The molecule has 0 unspecified atom stereocenters. The number of carbonyl (C=O) groups excluding carboxylic acids is 1. The van der Waals surface area contributed by atoms with Crippen LogP contribution >= 0.6 is 0 Å². The van der Waals surface area contributed by atoms with E-state index in [1.807, 2.05) is 0 Å². The maximum atomic E-state index is 11.0. The molecule has 1 N–H and O–H groups in total. The number of nitro groups is 2. The number of nitro benzene ring substituents is 2. The first-order valence-electron chi connectivity index (χ1n) is 7.73. The van der Waals surface area contributed by atoms with E-state index in [9.17, 15) is 25.0 Å². The van der Waals surface area contributed by atoms with Crippen molar-refractivity contribution >= 4 is 22.8 Å². The van der Waals surface area contributed by atoms with E-state index in [0.717, 1.165) is 6.07 Å². The summed E-state index contributed by atoms with van der Waals surface area (Å²) in [6.45, 7) is 3.40. The molecule has 0 aromatic heterocycles. The summed E-state index contributed by atoms with van der Waals surface area (Å²) in [5, 5.41) is 24.5. The minimum absolute atomic E-state index is 0.131. The van der Waals surface area contributed by atoms with Crippen LogP contribution in [0.5, 0.6) is 0 Å². The summed E-state index contributed by atoms with van der Waals surface area (Å²) in [5.41, 5.74) is -0.502. The molecule has 0 atom stereocenters. The lowest BCUT2D eigenvalue weighted by atomic mass is 10.2. The van der Waals surface area contributed by atoms with E-state index in [-0.39, 0.29) is 22.8 Å². The smallest absolute Gasteiger partial charge is 0.299 e. The van der Waals surface area contributed by atoms with E-state index < -0.39 is 9.85 Å². The van der Waals surface area contributed by atoms with Gasteiger partial charge in [0.1, 0.15) is 11.5 Å². The summed E-state index contributed by atoms with van der Waals surface area (Å²) in [6, 6.07) is 3.41. The largest absolute Gasteiger partial charge is 0.379 e. The monoisotopic (exact) mass is 355 g/mol. The van der Waals surface area contributed by atoms with Gasteiger partial charge in [-0.15, -0.1) is 0 Å². The summed E-state index contributed by atoms with van der Waals surface area (Å²) >= 11 is 0. The first-order chi connectivity index (χ1) is 11.9. The van der Waals surface area contributed by atoms with E-state index in [4.69, 9.17) is 9.47 Å². The van der Waals surface area contributed by atoms with Gasteiger partial charge in [-0.3, -0.25) is 20.2 Å². The number of Topliss-reactive ketones (excluding diaryl/α,β-unsaturated/α-hetero) is 1. The fourth-order valence-electron chi connectivity index (χ4n) is 1.94. The van der Waals surface area contributed by atoms with Crippen molar-refractivity contribution in [2.24, 2.45) is 0 Å². The maximum absolute atomic E-state index is 11.0. The van der Waals surface area contributed by atoms with Crippen LogP contribution in [0, 0.1) is 20.2 Å². The van der Waals surface area contributed by atoms with Gasteiger partial charge < -0.3 is 19.6 Å². The van der Waals surface area contributed by atoms with Crippen LogP contribution in [0.4, 0.5) is 17.1 Å². The zero-order chi connectivity index (χ0) is 18.7. The number of ketones is 1. The van der Waals surface area contributed by atoms with Crippen LogP contribution in [-0.2, 0) is 14.3 Å². The van der Waals surface area contributed by atoms with Crippen LogP contribution in [0.25, 0.3) is 0 Å². The minimum atomic E-state index is -0.684. The number of non-ortho nitro benzene ring substituents is 1. The first kappa shape index (κ1) is 20.5.